The summed E-state index contributed by atoms with van der Waals surface area (Å²) >= 11 is 0. The minimum absolute atomic E-state index is 0.151. The normalized spacial score (nSPS) is 28.0. The Morgan fingerprint density at radius 2 is 2.00 bits per heavy atom. The van der Waals surface area contributed by atoms with E-state index in [0.29, 0.717) is 38.5 Å². The number of hydrogen-bond donors (Lipinski definition) is 2. The van der Waals surface area contributed by atoms with Crippen molar-refractivity contribution in [3.8, 4) is 0 Å². The molecule has 0 bridgehead atoms. The lowest BCUT2D eigenvalue weighted by molar-refractivity contribution is -0.146. The summed E-state index contributed by atoms with van der Waals surface area (Å²) in [6, 6.07) is 0. The Bertz CT molecular complexity index is 280. The van der Waals surface area contributed by atoms with Gasteiger partial charge in [0.2, 0.25) is 5.91 Å². The smallest absolute Gasteiger partial charge is 0.307 e. The molecule has 98 valence electrons. The van der Waals surface area contributed by atoms with Gasteiger partial charge >= 0.3 is 5.97 Å². The maximum Gasteiger partial charge on any atom is 0.307 e. The molecule has 1 aliphatic carbocycles. The van der Waals surface area contributed by atoms with Gasteiger partial charge in [-0.2, -0.15) is 0 Å². The average molecular weight is 243 g/mol. The highest BCUT2D eigenvalue weighted by atomic mass is 16.5. The van der Waals surface area contributed by atoms with Gasteiger partial charge in [0.15, 0.2) is 0 Å². The van der Waals surface area contributed by atoms with E-state index in [2.05, 4.69) is 5.32 Å². The molecule has 0 radical (unpaired) electrons. The number of carboxylic acid groups (broad SMARTS) is 1. The number of aliphatic carboxylic acids is 1. The van der Waals surface area contributed by atoms with Crippen LogP contribution in [-0.4, -0.2) is 36.7 Å². The van der Waals surface area contributed by atoms with E-state index in [9.17, 15) is 9.59 Å². The summed E-state index contributed by atoms with van der Waals surface area (Å²) in [6.07, 6.45) is 1.26. The second kappa shape index (κ2) is 6.59. The second-order valence-corrected chi connectivity index (χ2v) is 4.62. The predicted octanol–water partition coefficient (Wildman–Crippen LogP) is 0.886. The summed E-state index contributed by atoms with van der Waals surface area (Å²) in [7, 11) is 0. The van der Waals surface area contributed by atoms with Crippen LogP contribution >= 0.6 is 0 Å². The summed E-state index contributed by atoms with van der Waals surface area (Å²) in [5, 5.41) is 11.8. The molecule has 1 saturated carbocycles. The van der Waals surface area contributed by atoms with Crippen LogP contribution in [0.1, 0.15) is 26.7 Å². The summed E-state index contributed by atoms with van der Waals surface area (Å²) in [5.41, 5.74) is 0. The number of rotatable bonds is 6. The first-order valence-corrected chi connectivity index (χ1v) is 6.14. The maximum atomic E-state index is 11.8. The van der Waals surface area contributed by atoms with Gasteiger partial charge in [0.05, 0.1) is 18.4 Å². The summed E-state index contributed by atoms with van der Waals surface area (Å²) in [5.74, 6) is -1.62. The van der Waals surface area contributed by atoms with Crippen LogP contribution in [-0.2, 0) is 14.3 Å². The molecule has 1 aliphatic rings. The highest BCUT2D eigenvalue weighted by Gasteiger charge is 2.40. The quantitative estimate of drug-likeness (QED) is 0.679. The van der Waals surface area contributed by atoms with Gasteiger partial charge in [-0.05, 0) is 25.7 Å². The van der Waals surface area contributed by atoms with Gasteiger partial charge in [-0.15, -0.1) is 0 Å². The van der Waals surface area contributed by atoms with Crippen molar-refractivity contribution in [2.75, 3.05) is 19.8 Å². The van der Waals surface area contributed by atoms with Gasteiger partial charge in [-0.1, -0.05) is 6.92 Å². The standard InChI is InChI=1S/C12H21NO4/c1-3-17-5-4-13-11(14)9-6-8(2)7-10(9)12(15)16/h8-10H,3-7H2,1-2H3,(H,13,14)(H,15,16)/t8?,9-,10+/m0/s1. The largest absolute Gasteiger partial charge is 0.481 e. The van der Waals surface area contributed by atoms with E-state index in [1.165, 1.54) is 0 Å². The Kier molecular flexibility index (Phi) is 5.41. The van der Waals surface area contributed by atoms with Crippen LogP contribution < -0.4 is 5.32 Å². The topological polar surface area (TPSA) is 75.6 Å². The molecule has 0 spiro atoms. The fraction of sp³-hybridized carbons (Fsp3) is 0.833. The second-order valence-electron chi connectivity index (χ2n) is 4.62. The van der Waals surface area contributed by atoms with E-state index in [-0.39, 0.29) is 11.8 Å². The van der Waals surface area contributed by atoms with Crippen LogP contribution in [0.25, 0.3) is 0 Å². The Morgan fingerprint density at radius 1 is 1.35 bits per heavy atom. The van der Waals surface area contributed by atoms with Crippen LogP contribution in [0.3, 0.4) is 0 Å². The van der Waals surface area contributed by atoms with Crippen molar-refractivity contribution in [1.82, 2.24) is 5.32 Å². The van der Waals surface area contributed by atoms with Crippen molar-refractivity contribution < 1.29 is 19.4 Å². The molecule has 3 atom stereocenters. The van der Waals surface area contributed by atoms with E-state index in [1.807, 2.05) is 13.8 Å². The molecule has 0 aromatic heterocycles. The zero-order valence-corrected chi connectivity index (χ0v) is 10.4. The third kappa shape index (κ3) is 4.00. The molecule has 2 N–H and O–H groups in total. The van der Waals surface area contributed by atoms with E-state index in [4.69, 9.17) is 9.84 Å². The first-order chi connectivity index (χ1) is 8.06. The van der Waals surface area contributed by atoms with Gasteiger partial charge in [0, 0.05) is 13.2 Å². The first kappa shape index (κ1) is 14.0. The lowest BCUT2D eigenvalue weighted by Gasteiger charge is -2.15. The van der Waals surface area contributed by atoms with Crippen LogP contribution in [0.4, 0.5) is 0 Å². The Morgan fingerprint density at radius 3 is 2.59 bits per heavy atom. The Labute approximate surface area is 102 Å². The van der Waals surface area contributed by atoms with E-state index in [0.717, 1.165) is 0 Å². The van der Waals surface area contributed by atoms with Crippen LogP contribution in [0.5, 0.6) is 0 Å². The predicted molar refractivity (Wildman–Crippen MR) is 62.5 cm³/mol. The molecular weight excluding hydrogens is 222 g/mol. The molecule has 1 fully saturated rings. The molecule has 0 heterocycles. The van der Waals surface area contributed by atoms with Crippen molar-refractivity contribution in [3.05, 3.63) is 0 Å². The zero-order valence-electron chi connectivity index (χ0n) is 10.4. The van der Waals surface area contributed by atoms with Crippen molar-refractivity contribution in [2.45, 2.75) is 26.7 Å². The lowest BCUT2D eigenvalue weighted by Crippen LogP contribution is -2.36. The summed E-state index contributed by atoms with van der Waals surface area (Å²) < 4.78 is 5.11. The Hall–Kier alpha value is -1.10. The maximum absolute atomic E-state index is 11.8. The molecule has 1 rings (SSSR count). The summed E-state index contributed by atoms with van der Waals surface area (Å²) in [6.45, 7) is 5.42. The molecular formula is C12H21NO4. The number of hydrogen-bond acceptors (Lipinski definition) is 3. The van der Waals surface area contributed by atoms with Crippen LogP contribution in [0, 0.1) is 17.8 Å². The number of nitrogens with one attached hydrogen (secondary N) is 1. The van der Waals surface area contributed by atoms with Crippen molar-refractivity contribution in [2.24, 2.45) is 17.8 Å². The molecule has 0 saturated heterocycles. The van der Waals surface area contributed by atoms with E-state index < -0.39 is 11.9 Å². The minimum atomic E-state index is -0.862. The molecule has 1 amide bonds. The third-order valence-corrected chi connectivity index (χ3v) is 3.20. The fourth-order valence-electron chi connectivity index (χ4n) is 2.38. The number of carbonyl (C=O) groups excluding carboxylic acids is 1. The van der Waals surface area contributed by atoms with Crippen molar-refractivity contribution >= 4 is 11.9 Å². The number of ether oxygens (including phenoxy) is 1. The highest BCUT2D eigenvalue weighted by molar-refractivity contribution is 5.85. The molecule has 0 aromatic carbocycles. The van der Waals surface area contributed by atoms with Gasteiger partial charge in [0.25, 0.3) is 0 Å². The SMILES string of the molecule is CCOCCNC(=O)[C@H]1CC(C)C[C@H]1C(=O)O. The number of carboxylic acids is 1. The minimum Gasteiger partial charge on any atom is -0.481 e. The number of carbonyl (C=O) groups is 2. The monoisotopic (exact) mass is 243 g/mol. The number of amides is 1. The van der Waals surface area contributed by atoms with E-state index >= 15 is 0 Å². The zero-order chi connectivity index (χ0) is 12.8. The highest BCUT2D eigenvalue weighted by Crippen LogP contribution is 2.36. The van der Waals surface area contributed by atoms with Crippen LogP contribution in [0.15, 0.2) is 0 Å². The first-order valence-electron chi connectivity index (χ1n) is 6.14. The molecule has 5 nitrogen and oxygen atoms in total. The lowest BCUT2D eigenvalue weighted by atomic mass is 9.95. The molecule has 1 unspecified atom stereocenters. The third-order valence-electron chi connectivity index (χ3n) is 3.20. The molecule has 0 aromatic rings. The van der Waals surface area contributed by atoms with Crippen molar-refractivity contribution in [3.63, 3.8) is 0 Å². The Balaban J connectivity index is 2.41. The van der Waals surface area contributed by atoms with Gasteiger partial charge in [0.1, 0.15) is 0 Å². The molecule has 5 heteroatoms. The average Bonchev–Trinajstić information content (AvgIpc) is 2.66. The molecule has 0 aliphatic heterocycles. The van der Waals surface area contributed by atoms with Crippen molar-refractivity contribution in [1.29, 1.82) is 0 Å². The van der Waals surface area contributed by atoms with Gasteiger partial charge < -0.3 is 15.2 Å². The molecule has 17 heavy (non-hydrogen) atoms. The van der Waals surface area contributed by atoms with E-state index in [1.54, 1.807) is 0 Å². The van der Waals surface area contributed by atoms with Gasteiger partial charge in [-0.3, -0.25) is 9.59 Å². The fourth-order valence-corrected chi connectivity index (χ4v) is 2.38. The van der Waals surface area contributed by atoms with Crippen LogP contribution in [0.2, 0.25) is 0 Å². The van der Waals surface area contributed by atoms with Gasteiger partial charge in [-0.25, -0.2) is 0 Å². The summed E-state index contributed by atoms with van der Waals surface area (Å²) in [4.78, 5) is 22.9.